The monoisotopic (exact) mass is 389 g/mol. The minimum absolute atomic E-state index is 0.265. The molecule has 1 aliphatic rings. The number of oxime groups is 1. The summed E-state index contributed by atoms with van der Waals surface area (Å²) in [6.07, 6.45) is 2.93. The molecule has 0 aliphatic carbocycles. The quantitative estimate of drug-likeness (QED) is 0.677. The van der Waals surface area contributed by atoms with Crippen LogP contribution in [0.15, 0.2) is 78.2 Å². The first-order chi connectivity index (χ1) is 14.1. The number of aromatic nitrogens is 1. The van der Waals surface area contributed by atoms with E-state index in [1.807, 2.05) is 6.07 Å². The molecule has 2 heterocycles. The van der Waals surface area contributed by atoms with Gasteiger partial charge in [0.05, 0.1) is 5.71 Å². The average molecular weight is 389 g/mol. The van der Waals surface area contributed by atoms with Crippen molar-refractivity contribution in [2.24, 2.45) is 5.16 Å². The first-order valence-corrected chi connectivity index (χ1v) is 8.94. The normalized spacial score (nSPS) is 15.3. The Kier molecular flexibility index (Phi) is 5.11. The molecule has 1 aromatic heterocycles. The Morgan fingerprint density at radius 2 is 1.86 bits per heavy atom. The summed E-state index contributed by atoms with van der Waals surface area (Å²) in [5.41, 5.74) is 2.65. The molecule has 1 aliphatic heterocycles. The van der Waals surface area contributed by atoms with Crippen molar-refractivity contribution in [2.45, 2.75) is 12.5 Å². The summed E-state index contributed by atoms with van der Waals surface area (Å²) in [5.74, 6) is -1.10. The Hall–Kier alpha value is -3.87. The molecule has 0 saturated carbocycles. The van der Waals surface area contributed by atoms with Gasteiger partial charge in [-0.05, 0) is 48.5 Å². The SMILES string of the molecule is O=C(c1ccc(NC(=O)C2CC(c3cccnc3)=NO2)cc1)c1cccc(F)c1. The number of rotatable bonds is 5. The van der Waals surface area contributed by atoms with Crippen LogP contribution >= 0.6 is 0 Å². The summed E-state index contributed by atoms with van der Waals surface area (Å²) < 4.78 is 13.3. The Labute approximate surface area is 166 Å². The minimum Gasteiger partial charge on any atom is -0.382 e. The van der Waals surface area contributed by atoms with Gasteiger partial charge in [-0.15, -0.1) is 0 Å². The second kappa shape index (κ2) is 8.02. The molecule has 29 heavy (non-hydrogen) atoms. The molecule has 0 radical (unpaired) electrons. The Bertz CT molecular complexity index is 1080. The van der Waals surface area contributed by atoms with Crippen molar-refractivity contribution in [3.05, 3.63) is 95.6 Å². The lowest BCUT2D eigenvalue weighted by Crippen LogP contribution is -2.28. The molecular formula is C22H16FN3O3. The van der Waals surface area contributed by atoms with E-state index in [1.165, 1.54) is 18.2 Å². The van der Waals surface area contributed by atoms with Gasteiger partial charge in [0.25, 0.3) is 5.91 Å². The van der Waals surface area contributed by atoms with Gasteiger partial charge < -0.3 is 10.2 Å². The Morgan fingerprint density at radius 3 is 2.59 bits per heavy atom. The van der Waals surface area contributed by atoms with E-state index in [1.54, 1.807) is 48.8 Å². The standard InChI is InChI=1S/C22H16FN3O3/c23-17-5-1-3-15(11-17)21(27)14-6-8-18(9-7-14)25-22(28)20-12-19(26-29-20)16-4-2-10-24-13-16/h1-11,13,20H,12H2,(H,25,28). The van der Waals surface area contributed by atoms with Crippen molar-refractivity contribution in [3.63, 3.8) is 0 Å². The second-order valence-corrected chi connectivity index (χ2v) is 6.48. The molecule has 0 saturated heterocycles. The molecule has 1 unspecified atom stereocenters. The molecule has 2 aromatic carbocycles. The van der Waals surface area contributed by atoms with Crippen LogP contribution in [-0.2, 0) is 9.63 Å². The minimum atomic E-state index is -0.737. The fraction of sp³-hybridized carbons (Fsp3) is 0.0909. The molecule has 1 atom stereocenters. The lowest BCUT2D eigenvalue weighted by Gasteiger charge is -2.10. The highest BCUT2D eigenvalue weighted by Gasteiger charge is 2.29. The molecule has 0 fully saturated rings. The molecule has 6 nitrogen and oxygen atoms in total. The number of ketones is 1. The fourth-order valence-electron chi connectivity index (χ4n) is 2.95. The molecule has 1 amide bonds. The maximum atomic E-state index is 13.3. The van der Waals surface area contributed by atoms with Crippen LogP contribution < -0.4 is 5.32 Å². The molecule has 0 spiro atoms. The van der Waals surface area contributed by atoms with Gasteiger partial charge in [-0.1, -0.05) is 17.3 Å². The maximum Gasteiger partial charge on any atom is 0.268 e. The van der Waals surface area contributed by atoms with Crippen molar-refractivity contribution in [1.82, 2.24) is 4.98 Å². The van der Waals surface area contributed by atoms with Gasteiger partial charge in [-0.2, -0.15) is 0 Å². The summed E-state index contributed by atoms with van der Waals surface area (Å²) in [6.45, 7) is 0. The van der Waals surface area contributed by atoms with Crippen molar-refractivity contribution >= 4 is 23.1 Å². The third-order valence-corrected chi connectivity index (χ3v) is 4.46. The highest BCUT2D eigenvalue weighted by atomic mass is 19.1. The largest absolute Gasteiger partial charge is 0.382 e. The number of amides is 1. The van der Waals surface area contributed by atoms with Gasteiger partial charge >= 0.3 is 0 Å². The van der Waals surface area contributed by atoms with E-state index in [0.29, 0.717) is 23.4 Å². The summed E-state index contributed by atoms with van der Waals surface area (Å²) in [4.78, 5) is 34.1. The van der Waals surface area contributed by atoms with Crippen LogP contribution in [0.4, 0.5) is 10.1 Å². The molecule has 4 rings (SSSR count). The zero-order valence-electron chi connectivity index (χ0n) is 15.2. The van der Waals surface area contributed by atoms with Gasteiger partial charge in [0.15, 0.2) is 5.78 Å². The summed E-state index contributed by atoms with van der Waals surface area (Å²) >= 11 is 0. The van der Waals surface area contributed by atoms with E-state index in [0.717, 1.165) is 5.56 Å². The lowest BCUT2D eigenvalue weighted by molar-refractivity contribution is -0.125. The van der Waals surface area contributed by atoms with E-state index in [2.05, 4.69) is 15.5 Å². The first-order valence-electron chi connectivity index (χ1n) is 8.94. The Balaban J connectivity index is 1.38. The van der Waals surface area contributed by atoms with E-state index in [-0.39, 0.29) is 17.3 Å². The van der Waals surface area contributed by atoms with Crippen LogP contribution in [0.1, 0.15) is 27.9 Å². The predicted molar refractivity (Wildman–Crippen MR) is 105 cm³/mol. The van der Waals surface area contributed by atoms with E-state index in [9.17, 15) is 14.0 Å². The van der Waals surface area contributed by atoms with Crippen LogP contribution in [0.25, 0.3) is 0 Å². The highest BCUT2D eigenvalue weighted by Crippen LogP contribution is 2.19. The number of anilines is 1. The van der Waals surface area contributed by atoms with Crippen molar-refractivity contribution in [1.29, 1.82) is 0 Å². The number of hydrogen-bond donors (Lipinski definition) is 1. The second-order valence-electron chi connectivity index (χ2n) is 6.48. The smallest absolute Gasteiger partial charge is 0.268 e. The van der Waals surface area contributed by atoms with Gasteiger partial charge in [0.2, 0.25) is 6.10 Å². The Morgan fingerprint density at radius 1 is 1.03 bits per heavy atom. The highest BCUT2D eigenvalue weighted by molar-refractivity contribution is 6.09. The van der Waals surface area contributed by atoms with E-state index >= 15 is 0 Å². The van der Waals surface area contributed by atoms with Crippen LogP contribution in [-0.4, -0.2) is 28.5 Å². The molecule has 3 aromatic rings. The van der Waals surface area contributed by atoms with Crippen LogP contribution in [0, 0.1) is 5.82 Å². The van der Waals surface area contributed by atoms with Gasteiger partial charge in [0, 0.05) is 41.2 Å². The number of nitrogens with one attached hydrogen (secondary N) is 1. The molecule has 1 N–H and O–H groups in total. The average Bonchev–Trinajstić information content (AvgIpc) is 3.25. The van der Waals surface area contributed by atoms with E-state index in [4.69, 9.17) is 4.84 Å². The summed E-state index contributed by atoms with van der Waals surface area (Å²) in [5, 5.41) is 6.72. The first kappa shape index (κ1) is 18.5. The summed E-state index contributed by atoms with van der Waals surface area (Å²) in [7, 11) is 0. The van der Waals surface area contributed by atoms with Gasteiger partial charge in [0.1, 0.15) is 5.82 Å². The third kappa shape index (κ3) is 4.19. The number of carbonyl (C=O) groups excluding carboxylic acids is 2. The lowest BCUT2D eigenvalue weighted by atomic mass is 10.0. The number of carbonyl (C=O) groups is 2. The number of pyridine rings is 1. The molecular weight excluding hydrogens is 373 g/mol. The van der Waals surface area contributed by atoms with E-state index < -0.39 is 11.9 Å². The zero-order chi connectivity index (χ0) is 20.2. The zero-order valence-corrected chi connectivity index (χ0v) is 15.2. The summed E-state index contributed by atoms with van der Waals surface area (Å²) in [6, 6.07) is 15.5. The molecule has 144 valence electrons. The number of hydrogen-bond acceptors (Lipinski definition) is 5. The molecule has 7 heteroatoms. The van der Waals surface area contributed by atoms with Gasteiger partial charge in [-0.3, -0.25) is 14.6 Å². The van der Waals surface area contributed by atoms with Crippen LogP contribution in [0.2, 0.25) is 0 Å². The van der Waals surface area contributed by atoms with Crippen LogP contribution in [0.3, 0.4) is 0 Å². The predicted octanol–water partition coefficient (Wildman–Crippen LogP) is 3.58. The number of halogens is 1. The maximum absolute atomic E-state index is 13.3. The van der Waals surface area contributed by atoms with Crippen molar-refractivity contribution in [3.8, 4) is 0 Å². The number of nitrogens with zero attached hydrogens (tertiary/aromatic N) is 2. The number of benzene rings is 2. The van der Waals surface area contributed by atoms with Gasteiger partial charge in [-0.25, -0.2) is 4.39 Å². The topological polar surface area (TPSA) is 80.7 Å². The van der Waals surface area contributed by atoms with Crippen LogP contribution in [0.5, 0.6) is 0 Å². The van der Waals surface area contributed by atoms with Crippen molar-refractivity contribution < 1.29 is 18.8 Å². The fourth-order valence-corrected chi connectivity index (χ4v) is 2.95. The third-order valence-electron chi connectivity index (χ3n) is 4.46. The van der Waals surface area contributed by atoms with Crippen molar-refractivity contribution in [2.75, 3.05) is 5.32 Å². The molecule has 0 bridgehead atoms.